The summed E-state index contributed by atoms with van der Waals surface area (Å²) in [6.07, 6.45) is 9.48. The number of fused-ring (bicyclic) bond motifs is 2. The summed E-state index contributed by atoms with van der Waals surface area (Å²) < 4.78 is 0. The number of nitrogens with one attached hydrogen (secondary N) is 1. The van der Waals surface area contributed by atoms with E-state index in [2.05, 4.69) is 16.4 Å². The Hall–Kier alpha value is -1.05. The van der Waals surface area contributed by atoms with Crippen LogP contribution in [0.4, 0.5) is 5.69 Å². The fourth-order valence-corrected chi connectivity index (χ4v) is 3.08. The first-order valence-electron chi connectivity index (χ1n) is 5.58. The second kappa shape index (κ2) is 3.26. The molecule has 2 aliphatic rings. The molecule has 3 rings (SSSR count). The van der Waals surface area contributed by atoms with Gasteiger partial charge in [0.2, 0.25) is 0 Å². The third kappa shape index (κ3) is 1.39. The first kappa shape index (κ1) is 8.27. The molecule has 0 saturated heterocycles. The lowest BCUT2D eigenvalue weighted by Gasteiger charge is -2.23. The standard InChI is InChI=1S/C12H16N2/c1-2-11(8-13-5-1)14-12-7-9-3-4-10(12)6-9/h1-2,5,8-10,12,14H,3-4,6-7H2/t9-,10-,12+/m0/s1. The molecule has 1 heterocycles. The van der Waals surface area contributed by atoms with Gasteiger partial charge in [0.1, 0.15) is 0 Å². The Morgan fingerprint density at radius 2 is 2.29 bits per heavy atom. The average molecular weight is 188 g/mol. The van der Waals surface area contributed by atoms with Gasteiger partial charge < -0.3 is 5.32 Å². The summed E-state index contributed by atoms with van der Waals surface area (Å²) in [4.78, 5) is 4.13. The molecule has 0 amide bonds. The van der Waals surface area contributed by atoms with Gasteiger partial charge in [-0.05, 0) is 43.2 Å². The molecule has 0 unspecified atom stereocenters. The zero-order valence-corrected chi connectivity index (χ0v) is 8.32. The minimum Gasteiger partial charge on any atom is -0.381 e. The van der Waals surface area contributed by atoms with Gasteiger partial charge in [0.05, 0.1) is 5.69 Å². The molecule has 14 heavy (non-hydrogen) atoms. The van der Waals surface area contributed by atoms with Gasteiger partial charge in [0, 0.05) is 18.4 Å². The highest BCUT2D eigenvalue weighted by molar-refractivity contribution is 5.41. The quantitative estimate of drug-likeness (QED) is 0.771. The molecule has 74 valence electrons. The minimum absolute atomic E-state index is 0.720. The third-order valence-corrected chi connectivity index (χ3v) is 3.75. The molecule has 2 heteroatoms. The molecule has 2 bridgehead atoms. The van der Waals surface area contributed by atoms with E-state index in [-0.39, 0.29) is 0 Å². The predicted molar refractivity (Wildman–Crippen MR) is 57.1 cm³/mol. The van der Waals surface area contributed by atoms with Crippen LogP contribution in [0.25, 0.3) is 0 Å². The van der Waals surface area contributed by atoms with Crippen LogP contribution < -0.4 is 5.32 Å². The van der Waals surface area contributed by atoms with E-state index in [1.807, 2.05) is 18.5 Å². The summed E-state index contributed by atoms with van der Waals surface area (Å²) in [5.74, 6) is 1.94. The maximum atomic E-state index is 4.13. The largest absolute Gasteiger partial charge is 0.381 e. The van der Waals surface area contributed by atoms with Crippen molar-refractivity contribution in [1.82, 2.24) is 4.98 Å². The van der Waals surface area contributed by atoms with E-state index in [0.717, 1.165) is 17.9 Å². The Morgan fingerprint density at radius 3 is 2.93 bits per heavy atom. The van der Waals surface area contributed by atoms with Crippen LogP contribution in [0.1, 0.15) is 25.7 Å². The van der Waals surface area contributed by atoms with Crippen molar-refractivity contribution in [3.8, 4) is 0 Å². The molecule has 2 nitrogen and oxygen atoms in total. The number of anilines is 1. The van der Waals surface area contributed by atoms with Crippen LogP contribution in [0.3, 0.4) is 0 Å². The lowest BCUT2D eigenvalue weighted by Crippen LogP contribution is -2.25. The molecule has 2 fully saturated rings. The van der Waals surface area contributed by atoms with Gasteiger partial charge in [-0.2, -0.15) is 0 Å². The fraction of sp³-hybridized carbons (Fsp3) is 0.583. The Kier molecular flexibility index (Phi) is 1.93. The van der Waals surface area contributed by atoms with Gasteiger partial charge >= 0.3 is 0 Å². The average Bonchev–Trinajstić information content (AvgIpc) is 2.81. The van der Waals surface area contributed by atoms with Gasteiger partial charge in [-0.3, -0.25) is 4.98 Å². The first-order valence-corrected chi connectivity index (χ1v) is 5.58. The molecule has 0 aliphatic heterocycles. The van der Waals surface area contributed by atoms with E-state index in [1.165, 1.54) is 31.4 Å². The lowest BCUT2D eigenvalue weighted by atomic mass is 9.95. The zero-order valence-electron chi connectivity index (χ0n) is 8.32. The summed E-state index contributed by atoms with van der Waals surface area (Å²) in [5.41, 5.74) is 1.19. The van der Waals surface area contributed by atoms with E-state index >= 15 is 0 Å². The Labute approximate surface area is 84.7 Å². The third-order valence-electron chi connectivity index (χ3n) is 3.75. The monoisotopic (exact) mass is 188 g/mol. The summed E-state index contributed by atoms with van der Waals surface area (Å²) >= 11 is 0. The highest BCUT2D eigenvalue weighted by Crippen LogP contribution is 2.45. The molecule has 0 radical (unpaired) electrons. The van der Waals surface area contributed by atoms with Gasteiger partial charge in [-0.25, -0.2) is 0 Å². The van der Waals surface area contributed by atoms with Crippen molar-refractivity contribution in [2.45, 2.75) is 31.7 Å². The SMILES string of the molecule is c1cncc(N[C@@H]2C[C@H]3CC[C@H]2C3)c1. The topological polar surface area (TPSA) is 24.9 Å². The number of nitrogens with zero attached hydrogens (tertiary/aromatic N) is 1. The number of pyridine rings is 1. The van der Waals surface area contributed by atoms with E-state index in [1.54, 1.807) is 0 Å². The highest BCUT2D eigenvalue weighted by Gasteiger charge is 2.39. The molecule has 2 aliphatic carbocycles. The summed E-state index contributed by atoms with van der Waals surface area (Å²) in [6.45, 7) is 0. The second-order valence-electron chi connectivity index (χ2n) is 4.67. The molecule has 1 aromatic heterocycles. The molecule has 1 N–H and O–H groups in total. The Balaban J connectivity index is 1.69. The molecule has 3 atom stereocenters. The number of hydrogen-bond acceptors (Lipinski definition) is 2. The lowest BCUT2D eigenvalue weighted by molar-refractivity contribution is 0.439. The van der Waals surface area contributed by atoms with Crippen molar-refractivity contribution < 1.29 is 0 Å². The van der Waals surface area contributed by atoms with E-state index in [0.29, 0.717) is 0 Å². The zero-order chi connectivity index (χ0) is 9.38. The van der Waals surface area contributed by atoms with Crippen LogP contribution in [0.15, 0.2) is 24.5 Å². The maximum Gasteiger partial charge on any atom is 0.0528 e. The molecule has 1 aromatic rings. The van der Waals surface area contributed by atoms with Crippen LogP contribution in [-0.4, -0.2) is 11.0 Å². The van der Waals surface area contributed by atoms with Gasteiger partial charge in [0.25, 0.3) is 0 Å². The van der Waals surface area contributed by atoms with E-state index in [4.69, 9.17) is 0 Å². The molecular weight excluding hydrogens is 172 g/mol. The van der Waals surface area contributed by atoms with Crippen molar-refractivity contribution in [2.24, 2.45) is 11.8 Å². The van der Waals surface area contributed by atoms with Crippen LogP contribution in [0, 0.1) is 11.8 Å². The summed E-state index contributed by atoms with van der Waals surface area (Å²) in [7, 11) is 0. The van der Waals surface area contributed by atoms with Crippen molar-refractivity contribution in [2.75, 3.05) is 5.32 Å². The number of aromatic nitrogens is 1. The Morgan fingerprint density at radius 1 is 1.29 bits per heavy atom. The van der Waals surface area contributed by atoms with Crippen LogP contribution in [0.5, 0.6) is 0 Å². The normalized spacial score (nSPS) is 34.7. The molecule has 2 saturated carbocycles. The van der Waals surface area contributed by atoms with Crippen molar-refractivity contribution in [3.05, 3.63) is 24.5 Å². The van der Waals surface area contributed by atoms with Crippen LogP contribution in [0.2, 0.25) is 0 Å². The van der Waals surface area contributed by atoms with E-state index in [9.17, 15) is 0 Å². The number of rotatable bonds is 2. The van der Waals surface area contributed by atoms with Gasteiger partial charge in [-0.15, -0.1) is 0 Å². The first-order chi connectivity index (χ1) is 6.92. The van der Waals surface area contributed by atoms with Crippen molar-refractivity contribution in [1.29, 1.82) is 0 Å². The van der Waals surface area contributed by atoms with Crippen molar-refractivity contribution in [3.63, 3.8) is 0 Å². The second-order valence-corrected chi connectivity index (χ2v) is 4.67. The highest BCUT2D eigenvalue weighted by atomic mass is 15.0. The van der Waals surface area contributed by atoms with E-state index < -0.39 is 0 Å². The van der Waals surface area contributed by atoms with Crippen LogP contribution >= 0.6 is 0 Å². The minimum atomic E-state index is 0.720. The summed E-state index contributed by atoms with van der Waals surface area (Å²) in [6, 6.07) is 4.83. The fourth-order valence-electron chi connectivity index (χ4n) is 3.08. The number of hydrogen-bond donors (Lipinski definition) is 1. The maximum absolute atomic E-state index is 4.13. The smallest absolute Gasteiger partial charge is 0.0528 e. The Bertz CT molecular complexity index is 309. The molecule has 0 aromatic carbocycles. The summed E-state index contributed by atoms with van der Waals surface area (Å²) in [5, 5.41) is 3.61. The van der Waals surface area contributed by atoms with Crippen LogP contribution in [-0.2, 0) is 0 Å². The van der Waals surface area contributed by atoms with Crippen molar-refractivity contribution >= 4 is 5.69 Å². The van der Waals surface area contributed by atoms with Gasteiger partial charge in [0.15, 0.2) is 0 Å². The predicted octanol–water partition coefficient (Wildman–Crippen LogP) is 2.68. The van der Waals surface area contributed by atoms with Gasteiger partial charge in [-0.1, -0.05) is 6.42 Å². The molecular formula is C12H16N2. The molecule has 0 spiro atoms.